The second-order valence-electron chi connectivity index (χ2n) is 10.7. The van der Waals surface area contributed by atoms with E-state index in [4.69, 9.17) is 0 Å². The molecule has 0 aromatic heterocycles. The zero-order valence-corrected chi connectivity index (χ0v) is 28.1. The minimum atomic E-state index is -4.52. The van der Waals surface area contributed by atoms with E-state index in [1.54, 1.807) is 0 Å². The van der Waals surface area contributed by atoms with Crippen LogP contribution in [0.5, 0.6) is 0 Å². The summed E-state index contributed by atoms with van der Waals surface area (Å²) >= 11 is 0. The van der Waals surface area contributed by atoms with Gasteiger partial charge in [-0.1, -0.05) is 147 Å². The number of aryl methyl sites for hydroxylation is 2. The van der Waals surface area contributed by atoms with Crippen molar-refractivity contribution in [2.45, 2.75) is 147 Å². The molecule has 0 unspecified atom stereocenters. The van der Waals surface area contributed by atoms with Crippen LogP contribution >= 0.6 is 0 Å². The summed E-state index contributed by atoms with van der Waals surface area (Å²) in [6.45, 7) is 4.49. The average molecular weight is 555 g/mol. The molecule has 0 N–H and O–H groups in total. The summed E-state index contributed by atoms with van der Waals surface area (Å²) in [5.74, 6) is 0. The van der Waals surface area contributed by atoms with E-state index in [2.05, 4.69) is 19.9 Å². The van der Waals surface area contributed by atoms with Gasteiger partial charge < -0.3 is 4.55 Å². The van der Waals surface area contributed by atoms with E-state index in [0.717, 1.165) is 31.1 Å². The van der Waals surface area contributed by atoms with Crippen LogP contribution in [0.1, 0.15) is 141 Å². The average Bonchev–Trinajstić information content (AvgIpc) is 2.85. The minimum Gasteiger partial charge on any atom is -0.744 e. The fourth-order valence-electron chi connectivity index (χ4n) is 5.31. The van der Waals surface area contributed by atoms with E-state index in [1.807, 2.05) is 24.3 Å². The van der Waals surface area contributed by atoms with E-state index in [1.165, 1.54) is 102 Å². The SMILES string of the molecule is CCCCCCCCCCCc1ccc2c(S(=O)(=O)[O-])c(CCCCCCCCCCC)ccc2c1.[K+]. The Kier molecular flexibility index (Phi) is 20.1. The summed E-state index contributed by atoms with van der Waals surface area (Å²) in [5.41, 5.74) is 1.92. The first-order valence-electron chi connectivity index (χ1n) is 15.0. The Bertz CT molecular complexity index is 971. The second kappa shape index (κ2) is 21.1. The molecule has 2 rings (SSSR count). The second-order valence-corrected chi connectivity index (χ2v) is 12.0. The standard InChI is InChI=1S/C32H52O3S.K/c1-3-5-7-9-11-13-15-17-19-21-28-23-26-31-30(27-28)25-24-29(32(31)36(33,34)35)22-20-18-16-14-12-10-8-6-4-2;/h23-27H,3-22H2,1-2H3,(H,33,34,35);/q;+1/p-1. The molecule has 0 aliphatic carbocycles. The predicted molar refractivity (Wildman–Crippen MR) is 154 cm³/mol. The maximum atomic E-state index is 12.2. The Morgan fingerprint density at radius 2 is 1.05 bits per heavy atom. The zero-order valence-electron chi connectivity index (χ0n) is 24.2. The van der Waals surface area contributed by atoms with Gasteiger partial charge in [0.15, 0.2) is 0 Å². The Morgan fingerprint density at radius 3 is 1.54 bits per heavy atom. The zero-order chi connectivity index (χ0) is 26.1. The fourth-order valence-corrected chi connectivity index (χ4v) is 6.26. The molecule has 0 spiro atoms. The van der Waals surface area contributed by atoms with Crippen LogP contribution in [0.25, 0.3) is 10.8 Å². The third kappa shape index (κ3) is 14.4. The molecule has 0 heterocycles. The van der Waals surface area contributed by atoms with Crippen LogP contribution in [-0.4, -0.2) is 13.0 Å². The molecule has 2 aromatic rings. The molecule has 0 bridgehead atoms. The van der Waals surface area contributed by atoms with Gasteiger partial charge in [-0.25, -0.2) is 8.42 Å². The Labute approximate surface area is 271 Å². The maximum absolute atomic E-state index is 12.2. The first kappa shape index (κ1) is 35.3. The number of unbranched alkanes of at least 4 members (excludes halogenated alkanes) is 16. The van der Waals surface area contributed by atoms with Crippen molar-refractivity contribution in [2.75, 3.05) is 0 Å². The number of benzene rings is 2. The van der Waals surface area contributed by atoms with E-state index in [-0.39, 0.29) is 56.3 Å². The molecule has 37 heavy (non-hydrogen) atoms. The van der Waals surface area contributed by atoms with Gasteiger partial charge in [-0.15, -0.1) is 0 Å². The van der Waals surface area contributed by atoms with Crippen molar-refractivity contribution in [1.82, 2.24) is 0 Å². The Morgan fingerprint density at radius 1 is 0.595 bits per heavy atom. The smallest absolute Gasteiger partial charge is 0.744 e. The molecule has 204 valence electrons. The van der Waals surface area contributed by atoms with Crippen LogP contribution in [0.3, 0.4) is 0 Å². The summed E-state index contributed by atoms with van der Waals surface area (Å²) in [6, 6.07) is 9.84. The molecule has 0 aliphatic rings. The summed E-state index contributed by atoms with van der Waals surface area (Å²) in [6.07, 6.45) is 24.4. The van der Waals surface area contributed by atoms with Gasteiger partial charge in [-0.2, -0.15) is 0 Å². The normalized spacial score (nSPS) is 11.6. The van der Waals surface area contributed by atoms with E-state index in [0.29, 0.717) is 17.4 Å². The van der Waals surface area contributed by atoms with E-state index in [9.17, 15) is 13.0 Å². The molecule has 5 heteroatoms. The Balaban J connectivity index is 0.00000684. The molecule has 2 aromatic carbocycles. The van der Waals surface area contributed by atoms with Crippen molar-refractivity contribution in [3.05, 3.63) is 41.5 Å². The summed E-state index contributed by atoms with van der Waals surface area (Å²) in [5, 5.41) is 1.46. The largest absolute Gasteiger partial charge is 1.00 e. The van der Waals surface area contributed by atoms with Crippen LogP contribution in [0.2, 0.25) is 0 Å². The van der Waals surface area contributed by atoms with Crippen LogP contribution in [0, 0.1) is 0 Å². The van der Waals surface area contributed by atoms with E-state index < -0.39 is 10.1 Å². The van der Waals surface area contributed by atoms with Gasteiger partial charge in [0.25, 0.3) is 0 Å². The van der Waals surface area contributed by atoms with Crippen molar-refractivity contribution in [1.29, 1.82) is 0 Å². The Hall–Kier alpha value is 0.246. The van der Waals surface area contributed by atoms with Gasteiger partial charge in [0, 0.05) is 0 Å². The first-order chi connectivity index (χ1) is 17.5. The molecule has 0 radical (unpaired) electrons. The molecule has 0 amide bonds. The number of hydrogen-bond donors (Lipinski definition) is 0. The molecule has 3 nitrogen and oxygen atoms in total. The molecule has 0 fully saturated rings. The minimum absolute atomic E-state index is 0. The molecular weight excluding hydrogens is 504 g/mol. The van der Waals surface area contributed by atoms with Crippen LogP contribution in [0.15, 0.2) is 35.2 Å². The van der Waals surface area contributed by atoms with Gasteiger partial charge in [0.05, 0.1) is 4.90 Å². The van der Waals surface area contributed by atoms with Crippen molar-refractivity contribution in [3.8, 4) is 0 Å². The third-order valence-corrected chi connectivity index (χ3v) is 8.47. The monoisotopic (exact) mass is 554 g/mol. The summed E-state index contributed by atoms with van der Waals surface area (Å²) in [7, 11) is -4.52. The van der Waals surface area contributed by atoms with Crippen molar-refractivity contribution in [2.24, 2.45) is 0 Å². The molecule has 0 saturated carbocycles. The summed E-state index contributed by atoms with van der Waals surface area (Å²) in [4.78, 5) is 0.00851. The van der Waals surface area contributed by atoms with Gasteiger partial charge in [0.2, 0.25) is 0 Å². The number of rotatable bonds is 21. The van der Waals surface area contributed by atoms with Crippen LogP contribution < -0.4 is 51.4 Å². The van der Waals surface area contributed by atoms with Crippen LogP contribution in [-0.2, 0) is 23.0 Å². The number of fused-ring (bicyclic) bond motifs is 1. The first-order valence-corrected chi connectivity index (χ1v) is 16.4. The predicted octanol–water partition coefficient (Wildman–Crippen LogP) is 6.89. The quantitative estimate of drug-likeness (QED) is 0.0958. The van der Waals surface area contributed by atoms with Crippen molar-refractivity contribution >= 4 is 20.9 Å². The van der Waals surface area contributed by atoms with Crippen molar-refractivity contribution in [3.63, 3.8) is 0 Å². The topological polar surface area (TPSA) is 57.2 Å². The number of hydrogen-bond acceptors (Lipinski definition) is 3. The maximum Gasteiger partial charge on any atom is 1.00 e. The molecule has 0 atom stereocenters. The van der Waals surface area contributed by atoms with Gasteiger partial charge in [-0.3, -0.25) is 0 Å². The van der Waals surface area contributed by atoms with Crippen molar-refractivity contribution < 1.29 is 64.4 Å². The summed E-state index contributed by atoms with van der Waals surface area (Å²) < 4.78 is 36.6. The van der Waals surface area contributed by atoms with Gasteiger partial charge in [0.1, 0.15) is 10.1 Å². The molecule has 0 saturated heterocycles. The van der Waals surface area contributed by atoms with E-state index >= 15 is 0 Å². The van der Waals surface area contributed by atoms with Crippen LogP contribution in [0.4, 0.5) is 0 Å². The van der Waals surface area contributed by atoms with Gasteiger partial charge >= 0.3 is 51.4 Å². The molecule has 0 aliphatic heterocycles. The third-order valence-electron chi connectivity index (χ3n) is 7.49. The molecular formula is C32H51KO3S. The van der Waals surface area contributed by atoms with Gasteiger partial charge in [-0.05, 0) is 47.6 Å². The fraction of sp³-hybridized carbons (Fsp3) is 0.688.